The highest BCUT2D eigenvalue weighted by Crippen LogP contribution is 2.24. The lowest BCUT2D eigenvalue weighted by atomic mass is 10.1. The minimum Gasteiger partial charge on any atom is -0.416 e. The lowest BCUT2D eigenvalue weighted by Gasteiger charge is -2.08. The molecule has 0 aliphatic carbocycles. The lowest BCUT2D eigenvalue weighted by molar-refractivity contribution is 0.0846. The molecule has 1 aromatic heterocycles. The Morgan fingerprint density at radius 3 is 1.62 bits per heavy atom. The van der Waals surface area contributed by atoms with Gasteiger partial charge in [-0.15, -0.1) is 10.2 Å². The van der Waals surface area contributed by atoms with E-state index in [1.54, 1.807) is 36.4 Å². The Labute approximate surface area is 185 Å². The van der Waals surface area contributed by atoms with Crippen LogP contribution in [-0.4, -0.2) is 22.0 Å². The van der Waals surface area contributed by atoms with E-state index >= 15 is 0 Å². The summed E-state index contributed by atoms with van der Waals surface area (Å²) in [6, 6.07) is 21.7. The van der Waals surface area contributed by atoms with Crippen LogP contribution in [0.1, 0.15) is 38.8 Å². The Morgan fingerprint density at radius 1 is 0.719 bits per heavy atom. The highest BCUT2D eigenvalue weighted by atomic mass is 16.4. The molecule has 0 fully saturated rings. The maximum absolute atomic E-state index is 12.4. The Morgan fingerprint density at radius 2 is 1.16 bits per heavy atom. The van der Waals surface area contributed by atoms with Crippen molar-refractivity contribution in [3.05, 3.63) is 95.1 Å². The molecule has 0 aliphatic heterocycles. The third-order valence-corrected chi connectivity index (χ3v) is 5.03. The molecule has 160 valence electrons. The van der Waals surface area contributed by atoms with Gasteiger partial charge in [0.15, 0.2) is 0 Å². The van der Waals surface area contributed by atoms with Gasteiger partial charge in [-0.1, -0.05) is 36.8 Å². The SMILES string of the molecule is CCc1ccc(C(=O)NNC(=O)c2ccc(-c3nnc(-c4ccc(C)cc4)o3)cc2)cc1. The number of aromatic nitrogens is 2. The number of nitrogens with zero attached hydrogens (tertiary/aromatic N) is 2. The first-order valence-corrected chi connectivity index (χ1v) is 10.2. The molecule has 4 rings (SSSR count). The monoisotopic (exact) mass is 426 g/mol. The number of carbonyl (C=O) groups excluding carboxylic acids is 2. The van der Waals surface area contributed by atoms with Gasteiger partial charge in [-0.05, 0) is 67.4 Å². The second kappa shape index (κ2) is 9.26. The normalized spacial score (nSPS) is 10.6. The summed E-state index contributed by atoms with van der Waals surface area (Å²) in [6.45, 7) is 4.05. The zero-order chi connectivity index (χ0) is 22.5. The van der Waals surface area contributed by atoms with Crippen molar-refractivity contribution in [2.75, 3.05) is 0 Å². The van der Waals surface area contributed by atoms with Crippen LogP contribution in [0.3, 0.4) is 0 Å². The van der Waals surface area contributed by atoms with E-state index in [0.717, 1.165) is 23.1 Å². The molecule has 0 saturated heterocycles. The van der Waals surface area contributed by atoms with Crippen LogP contribution < -0.4 is 10.9 Å². The summed E-state index contributed by atoms with van der Waals surface area (Å²) in [6.07, 6.45) is 0.894. The summed E-state index contributed by atoms with van der Waals surface area (Å²) in [4.78, 5) is 24.6. The number of benzene rings is 3. The summed E-state index contributed by atoms with van der Waals surface area (Å²) in [5.41, 5.74) is 9.52. The molecule has 7 heteroatoms. The van der Waals surface area contributed by atoms with E-state index in [1.165, 1.54) is 0 Å². The van der Waals surface area contributed by atoms with Crippen molar-refractivity contribution in [2.45, 2.75) is 20.3 Å². The minimum atomic E-state index is -0.430. The van der Waals surface area contributed by atoms with Crippen molar-refractivity contribution in [1.82, 2.24) is 21.0 Å². The number of aryl methyl sites for hydroxylation is 2. The fourth-order valence-electron chi connectivity index (χ4n) is 3.07. The van der Waals surface area contributed by atoms with E-state index in [-0.39, 0.29) is 5.91 Å². The average molecular weight is 426 g/mol. The maximum Gasteiger partial charge on any atom is 0.269 e. The second-order valence-electron chi connectivity index (χ2n) is 7.31. The maximum atomic E-state index is 12.4. The molecule has 0 saturated carbocycles. The van der Waals surface area contributed by atoms with Crippen molar-refractivity contribution in [2.24, 2.45) is 0 Å². The fraction of sp³-hybridized carbons (Fsp3) is 0.120. The van der Waals surface area contributed by atoms with Crippen molar-refractivity contribution in [1.29, 1.82) is 0 Å². The van der Waals surface area contributed by atoms with Gasteiger partial charge >= 0.3 is 0 Å². The molecule has 3 aromatic carbocycles. The molecule has 2 amide bonds. The van der Waals surface area contributed by atoms with Crippen LogP contribution in [0.15, 0.2) is 77.2 Å². The summed E-state index contributed by atoms with van der Waals surface area (Å²) < 4.78 is 5.76. The predicted molar refractivity (Wildman–Crippen MR) is 121 cm³/mol. The summed E-state index contributed by atoms with van der Waals surface area (Å²) >= 11 is 0. The molecule has 2 N–H and O–H groups in total. The zero-order valence-corrected chi connectivity index (χ0v) is 17.8. The zero-order valence-electron chi connectivity index (χ0n) is 17.8. The van der Waals surface area contributed by atoms with Gasteiger partial charge in [0.05, 0.1) is 0 Å². The smallest absolute Gasteiger partial charge is 0.269 e. The van der Waals surface area contributed by atoms with Crippen LogP contribution in [-0.2, 0) is 6.42 Å². The molecule has 7 nitrogen and oxygen atoms in total. The van der Waals surface area contributed by atoms with Crippen LogP contribution >= 0.6 is 0 Å². The predicted octanol–water partition coefficient (Wildman–Crippen LogP) is 4.35. The van der Waals surface area contributed by atoms with E-state index in [4.69, 9.17) is 4.42 Å². The number of amides is 2. The molecular weight excluding hydrogens is 404 g/mol. The van der Waals surface area contributed by atoms with E-state index in [0.29, 0.717) is 28.5 Å². The van der Waals surface area contributed by atoms with Gasteiger partial charge < -0.3 is 4.42 Å². The van der Waals surface area contributed by atoms with Gasteiger partial charge in [-0.25, -0.2) is 0 Å². The number of rotatable bonds is 5. The molecule has 0 atom stereocenters. The molecule has 0 spiro atoms. The third-order valence-electron chi connectivity index (χ3n) is 5.03. The Kier molecular flexibility index (Phi) is 6.07. The number of nitrogens with one attached hydrogen (secondary N) is 2. The first-order valence-electron chi connectivity index (χ1n) is 10.2. The van der Waals surface area contributed by atoms with Gasteiger partial charge in [0.2, 0.25) is 11.8 Å². The van der Waals surface area contributed by atoms with Crippen LogP contribution in [0.2, 0.25) is 0 Å². The largest absolute Gasteiger partial charge is 0.416 e. The number of hydrogen-bond donors (Lipinski definition) is 2. The molecule has 1 heterocycles. The van der Waals surface area contributed by atoms with Gasteiger partial charge in [0.25, 0.3) is 11.8 Å². The highest BCUT2D eigenvalue weighted by Gasteiger charge is 2.13. The van der Waals surface area contributed by atoms with Crippen LogP contribution in [0.4, 0.5) is 0 Å². The van der Waals surface area contributed by atoms with Crippen molar-refractivity contribution in [3.63, 3.8) is 0 Å². The molecule has 0 bridgehead atoms. The van der Waals surface area contributed by atoms with Crippen molar-refractivity contribution < 1.29 is 14.0 Å². The summed E-state index contributed by atoms with van der Waals surface area (Å²) in [5, 5.41) is 8.19. The summed E-state index contributed by atoms with van der Waals surface area (Å²) in [5.74, 6) is -0.0269. The lowest BCUT2D eigenvalue weighted by Crippen LogP contribution is -2.41. The molecule has 4 aromatic rings. The molecular formula is C25H22N4O3. The highest BCUT2D eigenvalue weighted by molar-refractivity contribution is 5.99. The second-order valence-corrected chi connectivity index (χ2v) is 7.31. The van der Waals surface area contributed by atoms with Crippen LogP contribution in [0.5, 0.6) is 0 Å². The van der Waals surface area contributed by atoms with E-state index in [9.17, 15) is 9.59 Å². The van der Waals surface area contributed by atoms with E-state index in [1.807, 2.05) is 50.2 Å². The molecule has 32 heavy (non-hydrogen) atoms. The van der Waals surface area contributed by atoms with Gasteiger partial charge in [0.1, 0.15) is 0 Å². The minimum absolute atomic E-state index is 0.358. The van der Waals surface area contributed by atoms with Crippen molar-refractivity contribution >= 4 is 11.8 Å². The standard InChI is InChI=1S/C25H22N4O3/c1-3-17-6-10-18(11-7-17)22(30)26-27-23(31)19-12-14-21(15-13-19)25-29-28-24(32-25)20-8-4-16(2)5-9-20/h4-15H,3H2,1-2H3,(H,26,30)(H,27,31). The first-order chi connectivity index (χ1) is 15.5. The Balaban J connectivity index is 1.38. The first kappa shape index (κ1) is 21.0. The van der Waals surface area contributed by atoms with Gasteiger partial charge in [-0.2, -0.15) is 0 Å². The van der Waals surface area contributed by atoms with Gasteiger partial charge in [0, 0.05) is 22.3 Å². The van der Waals surface area contributed by atoms with E-state index in [2.05, 4.69) is 21.0 Å². The fourth-order valence-corrected chi connectivity index (χ4v) is 3.07. The Hall–Kier alpha value is -4.26. The number of hydrogen-bond acceptors (Lipinski definition) is 5. The number of carbonyl (C=O) groups is 2. The average Bonchev–Trinajstić information content (AvgIpc) is 3.33. The Bertz CT molecular complexity index is 1230. The summed E-state index contributed by atoms with van der Waals surface area (Å²) in [7, 11) is 0. The topological polar surface area (TPSA) is 97.1 Å². The third kappa shape index (κ3) is 4.73. The van der Waals surface area contributed by atoms with Crippen LogP contribution in [0, 0.1) is 6.92 Å². The number of hydrazine groups is 1. The van der Waals surface area contributed by atoms with Crippen molar-refractivity contribution in [3.8, 4) is 22.9 Å². The molecule has 0 aliphatic rings. The molecule has 0 unspecified atom stereocenters. The van der Waals surface area contributed by atoms with Crippen LogP contribution in [0.25, 0.3) is 22.9 Å². The molecule has 0 radical (unpaired) electrons. The quantitative estimate of drug-likeness (QED) is 0.463. The van der Waals surface area contributed by atoms with E-state index < -0.39 is 5.91 Å². The van der Waals surface area contributed by atoms with Gasteiger partial charge in [-0.3, -0.25) is 20.4 Å².